The van der Waals surface area contributed by atoms with E-state index in [1.54, 1.807) is 0 Å². The highest BCUT2D eigenvalue weighted by Gasteiger charge is 2.33. The van der Waals surface area contributed by atoms with Crippen molar-refractivity contribution < 1.29 is 0 Å². The van der Waals surface area contributed by atoms with Gasteiger partial charge in [-0.2, -0.15) is 0 Å². The van der Waals surface area contributed by atoms with E-state index in [0.717, 1.165) is 0 Å². The van der Waals surface area contributed by atoms with E-state index in [0.29, 0.717) is 17.9 Å². The zero-order valence-corrected chi connectivity index (χ0v) is 8.54. The predicted octanol–water partition coefficient (Wildman–Crippen LogP) is 2.70. The van der Waals surface area contributed by atoms with Gasteiger partial charge in [-0.3, -0.25) is 0 Å². The number of rotatable bonds is 1. The fourth-order valence-corrected chi connectivity index (χ4v) is 2.48. The monoisotopic (exact) mass is 175 g/mol. The lowest BCUT2D eigenvalue weighted by Crippen LogP contribution is -2.20. The largest absolute Gasteiger partial charge is 0.313 e. The van der Waals surface area contributed by atoms with Gasteiger partial charge in [0.2, 0.25) is 0 Å². The summed E-state index contributed by atoms with van der Waals surface area (Å²) in [7, 11) is 2.05. The van der Waals surface area contributed by atoms with Crippen molar-refractivity contribution in [2.24, 2.45) is 5.92 Å². The Labute approximate surface area is 80.2 Å². The molecule has 1 aliphatic carbocycles. The van der Waals surface area contributed by atoms with Crippen LogP contribution in [0.5, 0.6) is 0 Å². The quantitative estimate of drug-likeness (QED) is 0.692. The normalized spacial score (nSPS) is 31.8. The maximum Gasteiger partial charge on any atom is 0.0352 e. The molecule has 0 aromatic heterocycles. The molecular weight excluding hydrogens is 158 g/mol. The maximum absolute atomic E-state index is 3.40. The number of nitrogens with one attached hydrogen (secondary N) is 1. The molecular formula is C12H17N. The van der Waals surface area contributed by atoms with Gasteiger partial charge in [-0.05, 0) is 30.0 Å². The molecule has 3 atom stereocenters. The zero-order chi connectivity index (χ0) is 9.42. The summed E-state index contributed by atoms with van der Waals surface area (Å²) < 4.78 is 0. The van der Waals surface area contributed by atoms with Crippen LogP contribution in [0.25, 0.3) is 0 Å². The van der Waals surface area contributed by atoms with E-state index in [2.05, 4.69) is 50.5 Å². The molecule has 0 amide bonds. The topological polar surface area (TPSA) is 12.0 Å². The molecule has 1 aromatic rings. The molecule has 1 heteroatoms. The van der Waals surface area contributed by atoms with E-state index in [-0.39, 0.29) is 0 Å². The number of benzene rings is 1. The number of hydrogen-bond acceptors (Lipinski definition) is 1. The molecule has 0 heterocycles. The maximum atomic E-state index is 3.40. The van der Waals surface area contributed by atoms with Crippen LogP contribution in [0, 0.1) is 5.92 Å². The third-order valence-corrected chi connectivity index (χ3v) is 3.45. The third-order valence-electron chi connectivity index (χ3n) is 3.45. The highest BCUT2D eigenvalue weighted by molar-refractivity contribution is 5.38. The molecule has 0 fully saturated rings. The average Bonchev–Trinajstić information content (AvgIpc) is 2.41. The van der Waals surface area contributed by atoms with E-state index in [1.165, 1.54) is 11.1 Å². The molecule has 0 radical (unpaired) electrons. The van der Waals surface area contributed by atoms with Gasteiger partial charge in [0.1, 0.15) is 0 Å². The summed E-state index contributed by atoms with van der Waals surface area (Å²) in [6.45, 7) is 4.65. The highest BCUT2D eigenvalue weighted by Crippen LogP contribution is 2.43. The molecule has 0 spiro atoms. The fraction of sp³-hybridized carbons (Fsp3) is 0.500. The van der Waals surface area contributed by atoms with Crippen molar-refractivity contribution in [1.29, 1.82) is 0 Å². The Bertz CT molecular complexity index is 306. The first-order chi connectivity index (χ1) is 6.25. The zero-order valence-electron chi connectivity index (χ0n) is 8.54. The van der Waals surface area contributed by atoms with Gasteiger partial charge in [0.05, 0.1) is 0 Å². The molecule has 3 unspecified atom stereocenters. The average molecular weight is 175 g/mol. The highest BCUT2D eigenvalue weighted by atomic mass is 14.9. The standard InChI is InChI=1S/C12H17N/c1-8-9(2)12(13-3)11-7-5-4-6-10(8)11/h4-9,12-13H,1-3H3. The Kier molecular flexibility index (Phi) is 2.12. The Morgan fingerprint density at radius 3 is 2.31 bits per heavy atom. The minimum atomic E-state index is 0.547. The first-order valence-electron chi connectivity index (χ1n) is 5.01. The Morgan fingerprint density at radius 2 is 1.69 bits per heavy atom. The fourth-order valence-electron chi connectivity index (χ4n) is 2.48. The molecule has 0 saturated carbocycles. The number of hydrogen-bond donors (Lipinski definition) is 1. The van der Waals surface area contributed by atoms with Crippen LogP contribution in [-0.4, -0.2) is 7.05 Å². The van der Waals surface area contributed by atoms with Crippen LogP contribution in [0.2, 0.25) is 0 Å². The summed E-state index contributed by atoms with van der Waals surface area (Å²) >= 11 is 0. The van der Waals surface area contributed by atoms with E-state index >= 15 is 0 Å². The van der Waals surface area contributed by atoms with Gasteiger partial charge < -0.3 is 5.32 Å². The Hall–Kier alpha value is -0.820. The summed E-state index contributed by atoms with van der Waals surface area (Å²) in [6.07, 6.45) is 0. The molecule has 13 heavy (non-hydrogen) atoms. The number of fused-ring (bicyclic) bond motifs is 1. The van der Waals surface area contributed by atoms with Crippen molar-refractivity contribution in [3.8, 4) is 0 Å². The van der Waals surface area contributed by atoms with E-state index in [1.807, 2.05) is 0 Å². The first kappa shape index (κ1) is 8.76. The van der Waals surface area contributed by atoms with Crippen molar-refractivity contribution in [2.75, 3.05) is 7.05 Å². The molecule has 1 nitrogen and oxygen atoms in total. The molecule has 2 rings (SSSR count). The van der Waals surface area contributed by atoms with Crippen LogP contribution in [0.4, 0.5) is 0 Å². The van der Waals surface area contributed by atoms with Gasteiger partial charge in [-0.1, -0.05) is 38.1 Å². The summed E-state index contributed by atoms with van der Waals surface area (Å²) in [5, 5.41) is 3.40. The van der Waals surface area contributed by atoms with E-state index in [4.69, 9.17) is 0 Å². The van der Waals surface area contributed by atoms with Gasteiger partial charge in [0.25, 0.3) is 0 Å². The second-order valence-electron chi connectivity index (χ2n) is 4.04. The van der Waals surface area contributed by atoms with Crippen molar-refractivity contribution >= 4 is 0 Å². The molecule has 1 aliphatic rings. The van der Waals surface area contributed by atoms with Gasteiger partial charge in [-0.15, -0.1) is 0 Å². The van der Waals surface area contributed by atoms with Crippen LogP contribution in [0.1, 0.15) is 36.9 Å². The third kappa shape index (κ3) is 1.19. The Morgan fingerprint density at radius 1 is 1.08 bits per heavy atom. The molecule has 0 bridgehead atoms. The van der Waals surface area contributed by atoms with Gasteiger partial charge in [0.15, 0.2) is 0 Å². The second-order valence-corrected chi connectivity index (χ2v) is 4.04. The van der Waals surface area contributed by atoms with Crippen LogP contribution < -0.4 is 5.32 Å². The van der Waals surface area contributed by atoms with Crippen LogP contribution in [-0.2, 0) is 0 Å². The van der Waals surface area contributed by atoms with Crippen LogP contribution in [0.15, 0.2) is 24.3 Å². The van der Waals surface area contributed by atoms with Gasteiger partial charge >= 0.3 is 0 Å². The van der Waals surface area contributed by atoms with E-state index < -0.39 is 0 Å². The SMILES string of the molecule is CNC1c2ccccc2C(C)C1C. The van der Waals surface area contributed by atoms with Crippen LogP contribution in [0.3, 0.4) is 0 Å². The molecule has 1 aromatic carbocycles. The van der Waals surface area contributed by atoms with Crippen molar-refractivity contribution in [2.45, 2.75) is 25.8 Å². The van der Waals surface area contributed by atoms with Crippen molar-refractivity contribution in [3.63, 3.8) is 0 Å². The second kappa shape index (κ2) is 3.15. The smallest absolute Gasteiger partial charge is 0.0352 e. The minimum absolute atomic E-state index is 0.547. The summed E-state index contributed by atoms with van der Waals surface area (Å²) in [4.78, 5) is 0. The first-order valence-corrected chi connectivity index (χ1v) is 5.01. The lowest BCUT2D eigenvalue weighted by molar-refractivity contribution is 0.402. The van der Waals surface area contributed by atoms with Gasteiger partial charge in [-0.25, -0.2) is 0 Å². The molecule has 70 valence electrons. The van der Waals surface area contributed by atoms with Gasteiger partial charge in [0, 0.05) is 6.04 Å². The molecule has 0 saturated heterocycles. The lowest BCUT2D eigenvalue weighted by Gasteiger charge is -2.17. The van der Waals surface area contributed by atoms with E-state index in [9.17, 15) is 0 Å². The summed E-state index contributed by atoms with van der Waals surface area (Å²) in [5.41, 5.74) is 3.01. The van der Waals surface area contributed by atoms with Crippen molar-refractivity contribution in [3.05, 3.63) is 35.4 Å². The Balaban J connectivity index is 2.47. The molecule has 1 N–H and O–H groups in total. The summed E-state index contributed by atoms with van der Waals surface area (Å²) in [5.74, 6) is 1.40. The minimum Gasteiger partial charge on any atom is -0.313 e. The predicted molar refractivity (Wildman–Crippen MR) is 55.8 cm³/mol. The molecule has 0 aliphatic heterocycles. The summed E-state index contributed by atoms with van der Waals surface area (Å²) in [6, 6.07) is 9.32. The van der Waals surface area contributed by atoms with Crippen molar-refractivity contribution in [1.82, 2.24) is 5.32 Å². The lowest BCUT2D eigenvalue weighted by atomic mass is 9.95. The van der Waals surface area contributed by atoms with Crippen LogP contribution >= 0.6 is 0 Å².